The third kappa shape index (κ3) is 4.80. The lowest BCUT2D eigenvalue weighted by Gasteiger charge is -2.46. The maximum absolute atomic E-state index is 15.0. The normalized spacial score (nSPS) is 26.1. The van der Waals surface area contributed by atoms with Gasteiger partial charge in [-0.05, 0) is 54.7 Å². The molecule has 0 unspecified atom stereocenters. The van der Waals surface area contributed by atoms with Gasteiger partial charge in [-0.15, -0.1) is 0 Å². The van der Waals surface area contributed by atoms with Crippen LogP contribution in [0.1, 0.15) is 42.4 Å². The fourth-order valence-corrected chi connectivity index (χ4v) is 10.6. The molecule has 2 aromatic carbocycles. The van der Waals surface area contributed by atoms with E-state index in [9.17, 15) is 62.5 Å². The van der Waals surface area contributed by atoms with Crippen LogP contribution in [0.15, 0.2) is 47.4 Å². The number of aliphatic hydroxyl groups is 1. The topological polar surface area (TPSA) is 115 Å². The largest absolute Gasteiger partial charge is 0.435 e. The predicted octanol–water partition coefficient (Wildman–Crippen LogP) is 5.61. The molecule has 17 heteroatoms. The minimum Gasteiger partial charge on any atom is -0.380 e. The molecular weight excluding hydrogens is 650 g/mol. The molecule has 3 aliphatic rings. The summed E-state index contributed by atoms with van der Waals surface area (Å²) < 4.78 is 156. The first-order chi connectivity index (χ1) is 20.1. The van der Waals surface area contributed by atoms with E-state index in [0.29, 0.717) is 12.1 Å². The second kappa shape index (κ2) is 10.3. The van der Waals surface area contributed by atoms with Crippen molar-refractivity contribution in [3.8, 4) is 0 Å². The zero-order valence-corrected chi connectivity index (χ0v) is 24.3. The molecule has 1 amide bonds. The zero-order valence-electron chi connectivity index (χ0n) is 22.6. The minimum absolute atomic E-state index is 0.230. The number of nitrogens with zero attached hydrogens (tertiary/aromatic N) is 1. The maximum Gasteiger partial charge on any atom is 0.435 e. The molecule has 2 saturated heterocycles. The van der Waals surface area contributed by atoms with Crippen molar-refractivity contribution in [2.24, 2.45) is 0 Å². The van der Waals surface area contributed by atoms with Gasteiger partial charge in [-0.3, -0.25) is 13.9 Å². The highest BCUT2D eigenvalue weighted by Crippen LogP contribution is 2.57. The molecule has 1 aliphatic carbocycles. The third-order valence-corrected chi connectivity index (χ3v) is 13.3. The van der Waals surface area contributed by atoms with Crippen LogP contribution in [0, 0.1) is 5.82 Å². The van der Waals surface area contributed by atoms with Gasteiger partial charge in [0.1, 0.15) is 16.2 Å². The average Bonchev–Trinajstić information content (AvgIpc) is 3.34. The summed E-state index contributed by atoms with van der Waals surface area (Å²) in [5, 5.41) is 11.2. The summed E-state index contributed by atoms with van der Waals surface area (Å²) in [4.78, 5) is 14.4. The molecule has 244 valence electrons. The van der Waals surface area contributed by atoms with Gasteiger partial charge >= 0.3 is 18.0 Å². The molecule has 0 saturated carbocycles. The lowest BCUT2D eigenvalue weighted by molar-refractivity contribution is -0.348. The molecule has 44 heavy (non-hydrogen) atoms. The van der Waals surface area contributed by atoms with Crippen LogP contribution in [0.3, 0.4) is 0 Å². The summed E-state index contributed by atoms with van der Waals surface area (Å²) >= 11 is 0. The van der Waals surface area contributed by atoms with E-state index in [1.807, 2.05) is 0 Å². The van der Waals surface area contributed by atoms with Gasteiger partial charge in [0, 0.05) is 36.5 Å². The lowest BCUT2D eigenvalue weighted by atomic mass is 9.76. The van der Waals surface area contributed by atoms with Crippen molar-refractivity contribution >= 4 is 26.3 Å². The standard InChI is InChI=1S/C27H27F8NO6S2/c28-18-3-5-19(6-4-18)44(41,42)24-9-12-36(22(37)23(38)10-13-43(39,40)14-11-23)21(24)8-1-16-15-17(2-7-20(16)24)25(29,26(30,31)32)27(33,34)35/h2-7,15,21,38-40H,1,8-14H2/t21-,24-/m1/s1. The minimum atomic E-state index is -6.40. The number of alkyl halides is 7. The van der Waals surface area contributed by atoms with Crippen LogP contribution in [-0.4, -0.2) is 75.5 Å². The Labute approximate surface area is 248 Å². The summed E-state index contributed by atoms with van der Waals surface area (Å²) in [6, 6.07) is 3.54. The van der Waals surface area contributed by atoms with Crippen molar-refractivity contribution in [1.29, 1.82) is 0 Å². The average molecular weight is 678 g/mol. The van der Waals surface area contributed by atoms with Gasteiger partial charge in [0.05, 0.1) is 10.9 Å². The first kappa shape index (κ1) is 32.9. The van der Waals surface area contributed by atoms with Crippen LogP contribution in [0.5, 0.6) is 0 Å². The number of rotatable bonds is 4. The number of halogens is 8. The Kier molecular flexibility index (Phi) is 7.68. The Morgan fingerprint density at radius 1 is 0.909 bits per heavy atom. The van der Waals surface area contributed by atoms with Gasteiger partial charge in [0.25, 0.3) is 5.91 Å². The Hall–Kier alpha value is -2.47. The Balaban J connectivity index is 1.66. The number of fused-ring (bicyclic) bond motifs is 3. The number of carbonyl (C=O) groups excluding carboxylic acids is 1. The number of sulfone groups is 1. The number of hydrogen-bond donors (Lipinski definition) is 3. The summed E-state index contributed by atoms with van der Waals surface area (Å²) in [5.74, 6) is -2.28. The van der Waals surface area contributed by atoms with Crippen LogP contribution >= 0.6 is 10.6 Å². The van der Waals surface area contributed by atoms with Crippen molar-refractivity contribution in [1.82, 2.24) is 4.90 Å². The Morgan fingerprint density at radius 3 is 2.02 bits per heavy atom. The molecule has 0 spiro atoms. The highest BCUT2D eigenvalue weighted by molar-refractivity contribution is 8.24. The van der Waals surface area contributed by atoms with E-state index < -0.39 is 83.4 Å². The Morgan fingerprint density at radius 2 is 1.48 bits per heavy atom. The molecule has 2 aliphatic heterocycles. The van der Waals surface area contributed by atoms with Gasteiger partial charge in [-0.1, -0.05) is 18.2 Å². The molecule has 0 bridgehead atoms. The fraction of sp³-hybridized carbons (Fsp3) is 0.519. The smallest absolute Gasteiger partial charge is 0.380 e. The predicted molar refractivity (Wildman–Crippen MR) is 142 cm³/mol. The van der Waals surface area contributed by atoms with Gasteiger partial charge in [0.2, 0.25) is 0 Å². The SMILES string of the molecule is O=C(N1CC[C@@]2(S(=O)(=O)c3ccc(F)cc3)c3ccc(C(F)(C(F)(F)F)C(F)(F)F)cc3CC[C@@H]12)C1(O)CCS(O)(O)CC1. The van der Waals surface area contributed by atoms with Crippen molar-refractivity contribution in [3.63, 3.8) is 0 Å². The van der Waals surface area contributed by atoms with Crippen LogP contribution < -0.4 is 0 Å². The number of amides is 1. The van der Waals surface area contributed by atoms with E-state index >= 15 is 0 Å². The highest BCUT2D eigenvalue weighted by Gasteiger charge is 2.74. The molecule has 2 atom stereocenters. The van der Waals surface area contributed by atoms with Gasteiger partial charge in [-0.2, -0.15) is 36.9 Å². The van der Waals surface area contributed by atoms with Crippen LogP contribution in [0.25, 0.3) is 0 Å². The first-order valence-corrected chi connectivity index (χ1v) is 16.7. The number of carbonyl (C=O) groups is 1. The van der Waals surface area contributed by atoms with E-state index in [-0.39, 0.29) is 60.9 Å². The molecule has 2 aromatic rings. The number of benzene rings is 2. The van der Waals surface area contributed by atoms with Crippen LogP contribution in [0.2, 0.25) is 0 Å². The molecule has 3 N–H and O–H groups in total. The van der Waals surface area contributed by atoms with Crippen molar-refractivity contribution in [2.45, 2.75) is 71.4 Å². The van der Waals surface area contributed by atoms with Crippen molar-refractivity contribution in [3.05, 3.63) is 65.0 Å². The maximum atomic E-state index is 15.0. The van der Waals surface area contributed by atoms with E-state index in [1.54, 1.807) is 0 Å². The Bertz CT molecular complexity index is 1550. The lowest BCUT2D eigenvalue weighted by Crippen LogP contribution is -2.58. The molecule has 2 heterocycles. The van der Waals surface area contributed by atoms with E-state index in [2.05, 4.69) is 0 Å². The zero-order chi connectivity index (χ0) is 32.7. The third-order valence-electron chi connectivity index (χ3n) is 9.01. The summed E-state index contributed by atoms with van der Waals surface area (Å²) in [7, 11) is -7.72. The number of hydrogen-bond acceptors (Lipinski definition) is 6. The van der Waals surface area contributed by atoms with Gasteiger partial charge in [-0.25, -0.2) is 17.2 Å². The van der Waals surface area contributed by atoms with Crippen LogP contribution in [0.4, 0.5) is 35.1 Å². The molecular formula is C27H27F8NO6S2. The first-order valence-electron chi connectivity index (χ1n) is 13.3. The fourth-order valence-electron chi connectivity index (χ4n) is 6.67. The molecule has 7 nitrogen and oxygen atoms in total. The quantitative estimate of drug-likeness (QED) is 0.287. The highest BCUT2D eigenvalue weighted by atomic mass is 32.3. The molecule has 0 radical (unpaired) electrons. The monoisotopic (exact) mass is 677 g/mol. The second-order valence-corrected chi connectivity index (χ2v) is 16.0. The summed E-state index contributed by atoms with van der Waals surface area (Å²) in [5.41, 5.74) is -10.2. The molecule has 0 aromatic heterocycles. The number of aryl methyl sites for hydroxylation is 1. The van der Waals surface area contributed by atoms with E-state index in [0.717, 1.165) is 29.2 Å². The number of likely N-dealkylation sites (tertiary alicyclic amines) is 1. The summed E-state index contributed by atoms with van der Waals surface area (Å²) in [6.07, 6.45) is -14.5. The van der Waals surface area contributed by atoms with Crippen molar-refractivity contribution < 1.29 is 62.5 Å². The second-order valence-electron chi connectivity index (χ2n) is 11.4. The van der Waals surface area contributed by atoms with E-state index in [4.69, 9.17) is 0 Å². The van der Waals surface area contributed by atoms with E-state index in [1.165, 1.54) is 0 Å². The molecule has 5 rings (SSSR count). The van der Waals surface area contributed by atoms with Crippen LogP contribution in [-0.2, 0) is 31.5 Å². The molecule has 2 fully saturated rings. The van der Waals surface area contributed by atoms with Gasteiger partial charge in [0.15, 0.2) is 9.84 Å². The summed E-state index contributed by atoms with van der Waals surface area (Å²) in [6.45, 7) is -0.304. The van der Waals surface area contributed by atoms with Gasteiger partial charge < -0.3 is 10.0 Å². The van der Waals surface area contributed by atoms with Crippen molar-refractivity contribution in [2.75, 3.05) is 18.1 Å².